The number of quaternary nitrogens is 1. The normalized spacial score (nSPS) is 14.5. The molecule has 1 heterocycles. The first-order valence-corrected chi connectivity index (χ1v) is 11.8. The summed E-state index contributed by atoms with van der Waals surface area (Å²) in [7, 11) is 1.96. The molecule has 206 valence electrons. The number of carbonyl (C=O) groups is 4. The lowest BCUT2D eigenvalue weighted by Gasteiger charge is -2.41. The Labute approximate surface area is 227 Å². The van der Waals surface area contributed by atoms with E-state index in [4.69, 9.17) is 0 Å². The van der Waals surface area contributed by atoms with Crippen molar-refractivity contribution < 1.29 is 46.3 Å². The number of amides is 4. The standard InChI is InChI=1S/C25H32N6O6.ClH/c1-16(32)26-18-4-6-20(22(34)12-18)28-24(36)14-30-8-10-31(3,11-9-30)15-25(37)29-21-7-5-19(13-23(21)35)27-17(2)33;/h4-7,12-13H,8-11,14-15H2,1-3H3,(H5-,26,27,28,29,32,33,34,35,36,37);1H. The molecule has 0 bridgehead atoms. The molecule has 38 heavy (non-hydrogen) atoms. The Bertz CT molecular complexity index is 1200. The second kappa shape index (κ2) is 13.1. The van der Waals surface area contributed by atoms with Crippen molar-refractivity contribution in [2.75, 3.05) is 67.6 Å². The predicted molar refractivity (Wildman–Crippen MR) is 139 cm³/mol. The zero-order valence-electron chi connectivity index (χ0n) is 21.5. The van der Waals surface area contributed by atoms with Gasteiger partial charge in [-0.15, -0.1) is 0 Å². The highest BCUT2D eigenvalue weighted by Gasteiger charge is 2.32. The van der Waals surface area contributed by atoms with E-state index in [9.17, 15) is 29.4 Å². The number of nitrogens with zero attached hydrogens (tertiary/aromatic N) is 2. The number of nitrogens with one attached hydrogen (secondary N) is 4. The van der Waals surface area contributed by atoms with Gasteiger partial charge >= 0.3 is 0 Å². The van der Waals surface area contributed by atoms with Crippen LogP contribution in [0.2, 0.25) is 0 Å². The predicted octanol–water partition coefficient (Wildman–Crippen LogP) is -1.64. The zero-order valence-corrected chi connectivity index (χ0v) is 22.3. The fraction of sp³-hybridized carbons (Fsp3) is 0.360. The molecule has 13 heteroatoms. The molecule has 0 saturated carbocycles. The number of rotatable bonds is 8. The number of phenols is 2. The molecule has 4 amide bonds. The van der Waals surface area contributed by atoms with Gasteiger partial charge in [0.1, 0.15) is 11.5 Å². The van der Waals surface area contributed by atoms with Crippen LogP contribution in [0.1, 0.15) is 13.8 Å². The molecule has 0 aliphatic carbocycles. The van der Waals surface area contributed by atoms with E-state index in [0.29, 0.717) is 42.0 Å². The molecule has 6 N–H and O–H groups in total. The van der Waals surface area contributed by atoms with Gasteiger partial charge in [-0.3, -0.25) is 24.1 Å². The maximum atomic E-state index is 12.6. The Hall–Kier alpha value is -3.87. The minimum absolute atomic E-state index is 0. The van der Waals surface area contributed by atoms with Crippen molar-refractivity contribution in [2.45, 2.75) is 13.8 Å². The molecule has 0 unspecified atom stereocenters. The van der Waals surface area contributed by atoms with Gasteiger partial charge in [0, 0.05) is 50.4 Å². The largest absolute Gasteiger partial charge is 1.00 e. The van der Waals surface area contributed by atoms with Crippen LogP contribution in [0.25, 0.3) is 0 Å². The number of piperazine rings is 1. The summed E-state index contributed by atoms with van der Waals surface area (Å²) < 4.78 is 0.472. The van der Waals surface area contributed by atoms with Crippen LogP contribution in [0.3, 0.4) is 0 Å². The van der Waals surface area contributed by atoms with Gasteiger partial charge in [-0.2, -0.15) is 0 Å². The van der Waals surface area contributed by atoms with Crippen LogP contribution in [0.4, 0.5) is 22.7 Å². The number of hydrogen-bond acceptors (Lipinski definition) is 7. The van der Waals surface area contributed by atoms with Crippen LogP contribution >= 0.6 is 0 Å². The Morgan fingerprint density at radius 3 is 1.66 bits per heavy atom. The van der Waals surface area contributed by atoms with E-state index in [1.807, 2.05) is 11.9 Å². The van der Waals surface area contributed by atoms with Crippen LogP contribution in [0, 0.1) is 0 Å². The third kappa shape index (κ3) is 8.91. The zero-order chi connectivity index (χ0) is 27.2. The first-order valence-electron chi connectivity index (χ1n) is 11.8. The lowest BCUT2D eigenvalue weighted by atomic mass is 10.2. The van der Waals surface area contributed by atoms with E-state index in [-0.39, 0.29) is 72.0 Å². The van der Waals surface area contributed by atoms with Gasteiger partial charge in [0.25, 0.3) is 5.91 Å². The average molecular weight is 549 g/mol. The second-order valence-corrected chi connectivity index (χ2v) is 9.42. The highest BCUT2D eigenvalue weighted by molar-refractivity contribution is 5.95. The summed E-state index contributed by atoms with van der Waals surface area (Å²) >= 11 is 0. The Balaban J connectivity index is 0.00000507. The van der Waals surface area contributed by atoms with Gasteiger partial charge in [0.15, 0.2) is 6.54 Å². The molecule has 12 nitrogen and oxygen atoms in total. The number of likely N-dealkylation sites (N-methyl/N-ethyl adjacent to an activating group) is 1. The molecular formula is C25H33ClN6O6. The molecule has 1 saturated heterocycles. The van der Waals surface area contributed by atoms with Crippen molar-refractivity contribution in [3.8, 4) is 11.5 Å². The molecule has 0 aromatic heterocycles. The highest BCUT2D eigenvalue weighted by atomic mass is 35.5. The Kier molecular flexibility index (Phi) is 10.5. The van der Waals surface area contributed by atoms with Crippen LogP contribution in [0.15, 0.2) is 36.4 Å². The van der Waals surface area contributed by atoms with Crippen molar-refractivity contribution in [1.29, 1.82) is 0 Å². The monoisotopic (exact) mass is 548 g/mol. The quantitative estimate of drug-likeness (QED) is 0.170. The number of benzene rings is 2. The van der Waals surface area contributed by atoms with E-state index in [1.165, 1.54) is 38.1 Å². The summed E-state index contributed by atoms with van der Waals surface area (Å²) in [6.07, 6.45) is 0. The number of halogens is 1. The molecule has 1 fully saturated rings. The summed E-state index contributed by atoms with van der Waals surface area (Å²) in [6, 6.07) is 8.96. The molecular weight excluding hydrogens is 516 g/mol. The summed E-state index contributed by atoms with van der Waals surface area (Å²) in [5.74, 6) is -1.36. The Morgan fingerprint density at radius 2 is 1.24 bits per heavy atom. The smallest absolute Gasteiger partial charge is 0.279 e. The minimum atomic E-state index is -0.283. The number of phenolic OH excluding ortho intramolecular Hbond substituents is 2. The van der Waals surface area contributed by atoms with Gasteiger partial charge in [-0.25, -0.2) is 0 Å². The summed E-state index contributed by atoms with van der Waals surface area (Å²) in [6.45, 7) is 5.54. The average Bonchev–Trinajstić information content (AvgIpc) is 2.78. The van der Waals surface area contributed by atoms with E-state index >= 15 is 0 Å². The number of carbonyl (C=O) groups excluding carboxylic acids is 4. The third-order valence-corrected chi connectivity index (χ3v) is 5.99. The molecule has 1 aliphatic heterocycles. The molecule has 2 aromatic carbocycles. The molecule has 0 spiro atoms. The fourth-order valence-corrected chi connectivity index (χ4v) is 4.07. The van der Waals surface area contributed by atoms with Gasteiger partial charge in [0.2, 0.25) is 17.7 Å². The number of aromatic hydroxyl groups is 2. The fourth-order valence-electron chi connectivity index (χ4n) is 4.07. The second-order valence-electron chi connectivity index (χ2n) is 9.42. The van der Waals surface area contributed by atoms with Crippen molar-refractivity contribution in [3.63, 3.8) is 0 Å². The molecule has 2 aromatic rings. The van der Waals surface area contributed by atoms with Crippen LogP contribution in [0.5, 0.6) is 11.5 Å². The van der Waals surface area contributed by atoms with Gasteiger partial charge in [-0.1, -0.05) is 0 Å². The first kappa shape index (κ1) is 30.4. The van der Waals surface area contributed by atoms with Crippen molar-refractivity contribution in [1.82, 2.24) is 4.90 Å². The van der Waals surface area contributed by atoms with Gasteiger partial charge in [-0.05, 0) is 24.3 Å². The van der Waals surface area contributed by atoms with Crippen LogP contribution in [-0.4, -0.2) is 89.5 Å². The first-order chi connectivity index (χ1) is 17.4. The Morgan fingerprint density at radius 1 is 0.789 bits per heavy atom. The minimum Gasteiger partial charge on any atom is -1.00 e. The van der Waals surface area contributed by atoms with Crippen molar-refractivity contribution in [3.05, 3.63) is 36.4 Å². The lowest BCUT2D eigenvalue weighted by molar-refractivity contribution is -0.905. The SMILES string of the molecule is CC(=O)Nc1ccc(NC(=O)CN2CC[N+](C)(CC(=O)Nc3ccc(NC(C)=O)cc3O)CC2)c(O)c1.[Cl-]. The molecule has 0 atom stereocenters. The highest BCUT2D eigenvalue weighted by Crippen LogP contribution is 2.28. The molecule has 1 aliphatic rings. The third-order valence-electron chi connectivity index (χ3n) is 5.99. The maximum absolute atomic E-state index is 12.6. The van der Waals surface area contributed by atoms with E-state index in [1.54, 1.807) is 12.1 Å². The van der Waals surface area contributed by atoms with Crippen molar-refractivity contribution >= 4 is 46.4 Å². The van der Waals surface area contributed by atoms with Crippen LogP contribution in [-0.2, 0) is 19.2 Å². The molecule has 0 radical (unpaired) electrons. The van der Waals surface area contributed by atoms with Gasteiger partial charge < -0.3 is 48.4 Å². The number of hydrogen-bond donors (Lipinski definition) is 6. The van der Waals surface area contributed by atoms with Crippen LogP contribution < -0.4 is 33.7 Å². The summed E-state index contributed by atoms with van der Waals surface area (Å²) in [5, 5.41) is 30.8. The summed E-state index contributed by atoms with van der Waals surface area (Å²) in [5.41, 5.74) is 1.37. The van der Waals surface area contributed by atoms with E-state index < -0.39 is 0 Å². The number of anilines is 4. The maximum Gasteiger partial charge on any atom is 0.279 e. The van der Waals surface area contributed by atoms with Gasteiger partial charge in [0.05, 0.1) is 38.1 Å². The molecule has 3 rings (SSSR count). The lowest BCUT2D eigenvalue weighted by Crippen LogP contribution is -3.00. The van der Waals surface area contributed by atoms with Crippen molar-refractivity contribution in [2.24, 2.45) is 0 Å². The van der Waals surface area contributed by atoms with E-state index in [2.05, 4.69) is 21.3 Å². The van der Waals surface area contributed by atoms with E-state index in [0.717, 1.165) is 0 Å². The topological polar surface area (TPSA) is 160 Å². The summed E-state index contributed by atoms with van der Waals surface area (Å²) in [4.78, 5) is 49.4.